The number of hydrogen-bond donors (Lipinski definition) is 1. The summed E-state index contributed by atoms with van der Waals surface area (Å²) >= 11 is 1.04. The highest BCUT2D eigenvalue weighted by Gasteiger charge is 2.30. The van der Waals surface area contributed by atoms with Gasteiger partial charge in [-0.3, -0.25) is 18.5 Å². The molecule has 3 rings (SSSR count). The molecule has 1 amide bonds. The number of halogens is 2. The number of nitrogens with zero attached hydrogens (tertiary/aromatic N) is 2. The summed E-state index contributed by atoms with van der Waals surface area (Å²) in [6, 6.07) is 6.27. The van der Waals surface area contributed by atoms with Crippen LogP contribution >= 0.6 is 11.3 Å². The van der Waals surface area contributed by atoms with Crippen molar-refractivity contribution in [3.8, 4) is 0 Å². The van der Waals surface area contributed by atoms with E-state index in [0.29, 0.717) is 16.9 Å². The van der Waals surface area contributed by atoms with E-state index in [1.165, 1.54) is 6.92 Å². The van der Waals surface area contributed by atoms with Gasteiger partial charge in [0.25, 0.3) is 0 Å². The molecule has 1 N–H and O–H groups in total. The largest absolute Gasteiger partial charge is 0.324 e. The van der Waals surface area contributed by atoms with E-state index in [0.717, 1.165) is 45.6 Å². The van der Waals surface area contributed by atoms with Gasteiger partial charge in [-0.05, 0) is 44.2 Å². The normalized spacial score (nSPS) is 12.7. The summed E-state index contributed by atoms with van der Waals surface area (Å²) < 4.78 is 54.4. The zero-order valence-electron chi connectivity index (χ0n) is 16.3. The lowest BCUT2D eigenvalue weighted by Crippen LogP contribution is -2.45. The van der Waals surface area contributed by atoms with Gasteiger partial charge in [-0.25, -0.2) is 17.2 Å². The molecule has 0 aliphatic carbocycles. The minimum absolute atomic E-state index is 0.120. The van der Waals surface area contributed by atoms with Gasteiger partial charge < -0.3 is 5.32 Å². The first kappa shape index (κ1) is 21.9. The first-order valence-corrected chi connectivity index (χ1v) is 11.6. The quantitative estimate of drug-likeness (QED) is 0.619. The number of carbonyl (C=O) groups is 1. The summed E-state index contributed by atoms with van der Waals surface area (Å²) in [4.78, 5) is 24.6. The monoisotopic (exact) mass is 455 g/mol. The van der Waals surface area contributed by atoms with E-state index in [1.807, 2.05) is 6.92 Å². The Morgan fingerprint density at radius 3 is 2.50 bits per heavy atom. The first-order chi connectivity index (χ1) is 14.0. The van der Waals surface area contributed by atoms with Gasteiger partial charge in [-0.1, -0.05) is 11.3 Å². The van der Waals surface area contributed by atoms with Crippen LogP contribution < -0.4 is 14.5 Å². The molecule has 1 aromatic heterocycles. The molecule has 3 aromatic rings. The van der Waals surface area contributed by atoms with Gasteiger partial charge in [0.15, 0.2) is 11.6 Å². The van der Waals surface area contributed by atoms with Crippen LogP contribution in [0, 0.1) is 11.6 Å². The average Bonchev–Trinajstić information content (AvgIpc) is 2.97. The predicted molar refractivity (Wildman–Crippen MR) is 114 cm³/mol. The molecule has 0 saturated heterocycles. The van der Waals surface area contributed by atoms with Crippen molar-refractivity contribution in [3.63, 3.8) is 0 Å². The third kappa shape index (κ3) is 4.21. The molecule has 0 aliphatic heterocycles. The lowest BCUT2D eigenvalue weighted by atomic mass is 10.2. The summed E-state index contributed by atoms with van der Waals surface area (Å²) in [5, 5.41) is 2.61. The molecule has 1 atom stereocenters. The fourth-order valence-corrected chi connectivity index (χ4v) is 5.28. The van der Waals surface area contributed by atoms with Crippen molar-refractivity contribution < 1.29 is 22.0 Å². The second-order valence-corrected chi connectivity index (χ2v) is 9.47. The van der Waals surface area contributed by atoms with Crippen molar-refractivity contribution in [1.29, 1.82) is 0 Å². The summed E-state index contributed by atoms with van der Waals surface area (Å²) in [7, 11) is -3.98. The number of aryl methyl sites for hydroxylation is 1. The number of rotatable bonds is 6. The molecule has 2 aromatic carbocycles. The van der Waals surface area contributed by atoms with E-state index in [-0.39, 0.29) is 10.6 Å². The Hall–Kier alpha value is -2.79. The summed E-state index contributed by atoms with van der Waals surface area (Å²) in [6.45, 7) is 3.70. The Morgan fingerprint density at radius 1 is 1.20 bits per heavy atom. The molecule has 0 aliphatic rings. The van der Waals surface area contributed by atoms with Crippen LogP contribution in [0.1, 0.15) is 13.8 Å². The van der Waals surface area contributed by atoms with Gasteiger partial charge in [-0.2, -0.15) is 0 Å². The fraction of sp³-hybridized carbons (Fsp3) is 0.263. The molecule has 30 heavy (non-hydrogen) atoms. The first-order valence-electron chi connectivity index (χ1n) is 8.91. The number of aromatic nitrogens is 1. The van der Waals surface area contributed by atoms with Gasteiger partial charge in [0.2, 0.25) is 15.9 Å². The number of hydrogen-bond acceptors (Lipinski definition) is 5. The van der Waals surface area contributed by atoms with E-state index < -0.39 is 33.6 Å². The molecule has 0 unspecified atom stereocenters. The molecule has 1 heterocycles. The molecule has 0 spiro atoms. The number of thiazole rings is 1. The van der Waals surface area contributed by atoms with Crippen molar-refractivity contribution in [1.82, 2.24) is 4.57 Å². The summed E-state index contributed by atoms with van der Waals surface area (Å²) in [5.41, 5.74) is 0.938. The van der Waals surface area contributed by atoms with E-state index in [4.69, 9.17) is 0 Å². The van der Waals surface area contributed by atoms with E-state index in [9.17, 15) is 26.8 Å². The van der Waals surface area contributed by atoms with Crippen LogP contribution in [0.4, 0.5) is 20.2 Å². The number of fused-ring (bicyclic) bond motifs is 1. The maximum Gasteiger partial charge on any atom is 0.308 e. The Kier molecular flexibility index (Phi) is 5.95. The summed E-state index contributed by atoms with van der Waals surface area (Å²) in [6.07, 6.45) is 0.870. The number of nitrogens with one attached hydrogen (secondary N) is 1. The van der Waals surface area contributed by atoms with Crippen LogP contribution in [0.2, 0.25) is 0 Å². The van der Waals surface area contributed by atoms with E-state index in [1.54, 1.807) is 22.8 Å². The maximum absolute atomic E-state index is 13.6. The van der Waals surface area contributed by atoms with Crippen LogP contribution in [-0.2, 0) is 21.4 Å². The maximum atomic E-state index is 13.6. The SMILES string of the molecule is CCn1c(=O)sc2cc(NC(=O)[C@@H](C)N(c3ccc(F)c(F)c3)S(C)(=O)=O)ccc21. The molecule has 0 bridgehead atoms. The second kappa shape index (κ2) is 8.15. The third-order valence-corrected chi connectivity index (χ3v) is 6.68. The molecule has 7 nitrogen and oxygen atoms in total. The van der Waals surface area contributed by atoms with E-state index in [2.05, 4.69) is 5.32 Å². The number of amides is 1. The van der Waals surface area contributed by atoms with Crippen molar-refractivity contribution in [2.24, 2.45) is 0 Å². The zero-order valence-corrected chi connectivity index (χ0v) is 18.0. The van der Waals surface area contributed by atoms with Crippen LogP contribution in [0.5, 0.6) is 0 Å². The van der Waals surface area contributed by atoms with Crippen molar-refractivity contribution in [3.05, 3.63) is 57.7 Å². The van der Waals surface area contributed by atoms with Crippen LogP contribution in [-0.4, -0.2) is 31.2 Å². The minimum Gasteiger partial charge on any atom is -0.324 e. The number of anilines is 2. The highest BCUT2D eigenvalue weighted by molar-refractivity contribution is 7.92. The third-order valence-electron chi connectivity index (χ3n) is 4.50. The molecular formula is C19H19F2N3O4S2. The molecule has 11 heteroatoms. The molecule has 0 saturated carbocycles. The minimum atomic E-state index is -3.98. The fourth-order valence-electron chi connectivity index (χ4n) is 3.12. The van der Waals surface area contributed by atoms with Crippen molar-refractivity contribution >= 4 is 48.9 Å². The predicted octanol–water partition coefficient (Wildman–Crippen LogP) is 3.15. The van der Waals surface area contributed by atoms with Gasteiger partial charge in [-0.15, -0.1) is 0 Å². The van der Waals surface area contributed by atoms with Crippen molar-refractivity contribution in [2.75, 3.05) is 15.9 Å². The highest BCUT2D eigenvalue weighted by Crippen LogP contribution is 2.25. The van der Waals surface area contributed by atoms with Crippen LogP contribution in [0.25, 0.3) is 10.2 Å². The Bertz CT molecular complexity index is 1280. The lowest BCUT2D eigenvalue weighted by molar-refractivity contribution is -0.116. The topological polar surface area (TPSA) is 88.5 Å². The Morgan fingerprint density at radius 2 is 1.90 bits per heavy atom. The van der Waals surface area contributed by atoms with Gasteiger partial charge >= 0.3 is 4.87 Å². The Balaban J connectivity index is 1.91. The van der Waals surface area contributed by atoms with Gasteiger partial charge in [0, 0.05) is 18.3 Å². The van der Waals surface area contributed by atoms with Gasteiger partial charge in [0.05, 0.1) is 22.2 Å². The number of carbonyl (C=O) groups excluding carboxylic acids is 1. The number of benzene rings is 2. The Labute approximate surface area is 175 Å². The highest BCUT2D eigenvalue weighted by atomic mass is 32.2. The van der Waals surface area contributed by atoms with Crippen LogP contribution in [0.3, 0.4) is 0 Å². The average molecular weight is 456 g/mol. The molecular weight excluding hydrogens is 436 g/mol. The summed E-state index contributed by atoms with van der Waals surface area (Å²) in [5.74, 6) is -3.03. The van der Waals surface area contributed by atoms with E-state index >= 15 is 0 Å². The zero-order chi connectivity index (χ0) is 22.2. The standard InChI is InChI=1S/C19H19F2N3O4S2/c1-4-23-16-8-5-12(9-17(16)29-19(23)26)22-18(25)11(2)24(30(3,27)28)13-6-7-14(20)15(21)10-13/h5-11H,4H2,1-3H3,(H,22,25)/t11-/m1/s1. The smallest absolute Gasteiger partial charge is 0.308 e. The molecule has 160 valence electrons. The van der Waals surface area contributed by atoms with Crippen molar-refractivity contribution in [2.45, 2.75) is 26.4 Å². The molecule has 0 radical (unpaired) electrons. The molecule has 0 fully saturated rings. The lowest BCUT2D eigenvalue weighted by Gasteiger charge is -2.28. The second-order valence-electron chi connectivity index (χ2n) is 6.62. The van der Waals surface area contributed by atoms with Crippen LogP contribution in [0.15, 0.2) is 41.2 Å². The number of sulfonamides is 1. The van der Waals surface area contributed by atoms with Gasteiger partial charge in [0.1, 0.15) is 6.04 Å².